The Bertz CT molecular complexity index is 248. The van der Waals surface area contributed by atoms with Crippen molar-refractivity contribution in [3.05, 3.63) is 0 Å². The molecule has 1 heterocycles. The van der Waals surface area contributed by atoms with Gasteiger partial charge in [-0.05, 0) is 20.4 Å². The highest BCUT2D eigenvalue weighted by atomic mass is 16.5. The van der Waals surface area contributed by atoms with E-state index in [1.165, 1.54) is 0 Å². The molecule has 5 nitrogen and oxygen atoms in total. The molecule has 0 spiro atoms. The summed E-state index contributed by atoms with van der Waals surface area (Å²) in [5.74, 6) is -0.141. The first-order valence-electron chi connectivity index (χ1n) is 6.88. The monoisotopic (exact) mass is 258 g/mol. The molecule has 0 amide bonds. The molecular weight excluding hydrogens is 232 g/mol. The van der Waals surface area contributed by atoms with Gasteiger partial charge in [-0.1, -0.05) is 6.92 Å². The molecule has 1 N–H and O–H groups in total. The number of morpholine rings is 1. The molecule has 5 heteroatoms. The molecule has 2 atom stereocenters. The van der Waals surface area contributed by atoms with Gasteiger partial charge in [0.1, 0.15) is 0 Å². The zero-order valence-corrected chi connectivity index (χ0v) is 11.8. The summed E-state index contributed by atoms with van der Waals surface area (Å²) in [6.07, 6.45) is 0.640. The Hall–Kier alpha value is -0.650. The summed E-state index contributed by atoms with van der Waals surface area (Å²) in [6.45, 7) is 11.1. The molecule has 0 saturated carbocycles. The van der Waals surface area contributed by atoms with Crippen LogP contribution in [0.5, 0.6) is 0 Å². The molecule has 2 unspecified atom stereocenters. The number of hydrogen-bond donors (Lipinski definition) is 1. The van der Waals surface area contributed by atoms with Crippen molar-refractivity contribution in [1.29, 1.82) is 0 Å². The van der Waals surface area contributed by atoms with Crippen LogP contribution in [0.25, 0.3) is 0 Å². The summed E-state index contributed by atoms with van der Waals surface area (Å²) in [4.78, 5) is 13.7. The highest BCUT2D eigenvalue weighted by Gasteiger charge is 2.20. The van der Waals surface area contributed by atoms with Gasteiger partial charge in [-0.2, -0.15) is 0 Å². The lowest BCUT2D eigenvalue weighted by molar-refractivity contribution is -0.143. The SMILES string of the molecule is CCOC(=O)CC(C)NCC1CN(CC)CCO1. The van der Waals surface area contributed by atoms with Crippen molar-refractivity contribution in [2.75, 3.05) is 39.4 Å². The third kappa shape index (κ3) is 5.80. The van der Waals surface area contributed by atoms with Crippen LogP contribution in [0, 0.1) is 0 Å². The van der Waals surface area contributed by atoms with E-state index in [0.29, 0.717) is 13.0 Å². The van der Waals surface area contributed by atoms with Crippen LogP contribution in [0.1, 0.15) is 27.2 Å². The predicted molar refractivity (Wildman–Crippen MR) is 70.6 cm³/mol. The Morgan fingerprint density at radius 1 is 1.56 bits per heavy atom. The number of nitrogens with one attached hydrogen (secondary N) is 1. The van der Waals surface area contributed by atoms with Gasteiger partial charge in [-0.25, -0.2) is 0 Å². The number of carbonyl (C=O) groups excluding carboxylic acids is 1. The lowest BCUT2D eigenvalue weighted by atomic mass is 10.2. The number of esters is 1. The third-order valence-corrected chi connectivity index (χ3v) is 3.14. The summed E-state index contributed by atoms with van der Waals surface area (Å²) in [6, 6.07) is 0.129. The van der Waals surface area contributed by atoms with Crippen molar-refractivity contribution in [3.8, 4) is 0 Å². The van der Waals surface area contributed by atoms with E-state index in [9.17, 15) is 4.79 Å². The number of rotatable bonds is 7. The molecule has 1 aliphatic heterocycles. The summed E-state index contributed by atoms with van der Waals surface area (Å²) in [5, 5.41) is 3.33. The van der Waals surface area contributed by atoms with Crippen molar-refractivity contribution in [1.82, 2.24) is 10.2 Å². The maximum atomic E-state index is 11.3. The summed E-state index contributed by atoms with van der Waals surface area (Å²) >= 11 is 0. The molecular formula is C13H26N2O3. The quantitative estimate of drug-likeness (QED) is 0.679. The number of likely N-dealkylation sites (N-methyl/N-ethyl adjacent to an activating group) is 1. The van der Waals surface area contributed by atoms with Crippen LogP contribution in [-0.4, -0.2) is 62.4 Å². The topological polar surface area (TPSA) is 50.8 Å². The first-order chi connectivity index (χ1) is 8.65. The molecule has 18 heavy (non-hydrogen) atoms. The van der Waals surface area contributed by atoms with Gasteiger partial charge in [0, 0.05) is 25.7 Å². The van der Waals surface area contributed by atoms with Crippen LogP contribution in [0.3, 0.4) is 0 Å². The van der Waals surface area contributed by atoms with E-state index in [0.717, 1.165) is 32.8 Å². The van der Waals surface area contributed by atoms with Gasteiger partial charge in [0.2, 0.25) is 0 Å². The van der Waals surface area contributed by atoms with Gasteiger partial charge in [-0.15, -0.1) is 0 Å². The minimum atomic E-state index is -0.141. The van der Waals surface area contributed by atoms with Gasteiger partial charge < -0.3 is 14.8 Å². The standard InChI is InChI=1S/C13H26N2O3/c1-4-15-6-7-18-12(10-15)9-14-11(3)8-13(16)17-5-2/h11-12,14H,4-10H2,1-3H3. The van der Waals surface area contributed by atoms with E-state index in [2.05, 4.69) is 17.1 Å². The van der Waals surface area contributed by atoms with Gasteiger partial charge in [0.25, 0.3) is 0 Å². The van der Waals surface area contributed by atoms with Gasteiger partial charge in [0.05, 0.1) is 25.7 Å². The van der Waals surface area contributed by atoms with Crippen LogP contribution in [0.15, 0.2) is 0 Å². The Morgan fingerprint density at radius 2 is 2.33 bits per heavy atom. The van der Waals surface area contributed by atoms with E-state index in [4.69, 9.17) is 9.47 Å². The molecule has 0 aromatic carbocycles. The van der Waals surface area contributed by atoms with Crippen LogP contribution in [0.4, 0.5) is 0 Å². The van der Waals surface area contributed by atoms with E-state index in [-0.39, 0.29) is 18.1 Å². The smallest absolute Gasteiger partial charge is 0.307 e. The second-order valence-electron chi connectivity index (χ2n) is 4.70. The van der Waals surface area contributed by atoms with Gasteiger partial charge in [-0.3, -0.25) is 9.69 Å². The fourth-order valence-corrected chi connectivity index (χ4v) is 2.07. The first-order valence-corrected chi connectivity index (χ1v) is 6.88. The second-order valence-corrected chi connectivity index (χ2v) is 4.70. The van der Waals surface area contributed by atoms with Crippen molar-refractivity contribution >= 4 is 5.97 Å². The lowest BCUT2D eigenvalue weighted by Gasteiger charge is -2.32. The zero-order valence-electron chi connectivity index (χ0n) is 11.8. The van der Waals surface area contributed by atoms with E-state index >= 15 is 0 Å². The van der Waals surface area contributed by atoms with E-state index < -0.39 is 0 Å². The molecule has 0 bridgehead atoms. The van der Waals surface area contributed by atoms with Crippen LogP contribution in [-0.2, 0) is 14.3 Å². The second kappa shape index (κ2) is 8.45. The number of carbonyl (C=O) groups is 1. The number of hydrogen-bond acceptors (Lipinski definition) is 5. The normalized spacial score (nSPS) is 22.7. The molecule has 0 aliphatic carbocycles. The molecule has 0 radical (unpaired) electrons. The Labute approximate surface area is 110 Å². The summed E-state index contributed by atoms with van der Waals surface area (Å²) < 4.78 is 10.6. The highest BCUT2D eigenvalue weighted by molar-refractivity contribution is 5.69. The molecule has 1 rings (SSSR count). The Kier molecular flexibility index (Phi) is 7.23. The van der Waals surface area contributed by atoms with Crippen LogP contribution in [0.2, 0.25) is 0 Å². The fraction of sp³-hybridized carbons (Fsp3) is 0.923. The molecule has 0 aromatic rings. The maximum Gasteiger partial charge on any atom is 0.307 e. The Balaban J connectivity index is 2.17. The first kappa shape index (κ1) is 15.4. The number of nitrogens with zero attached hydrogens (tertiary/aromatic N) is 1. The van der Waals surface area contributed by atoms with E-state index in [1.54, 1.807) is 0 Å². The largest absolute Gasteiger partial charge is 0.466 e. The lowest BCUT2D eigenvalue weighted by Crippen LogP contribution is -2.47. The van der Waals surface area contributed by atoms with Crippen molar-refractivity contribution in [3.63, 3.8) is 0 Å². The van der Waals surface area contributed by atoms with Gasteiger partial charge in [0.15, 0.2) is 0 Å². The number of ether oxygens (including phenoxy) is 2. The zero-order chi connectivity index (χ0) is 13.4. The predicted octanol–water partition coefficient (Wildman–Crippen LogP) is 0.638. The molecule has 1 aliphatic rings. The van der Waals surface area contributed by atoms with Crippen molar-refractivity contribution < 1.29 is 14.3 Å². The molecule has 1 saturated heterocycles. The van der Waals surface area contributed by atoms with Crippen LogP contribution < -0.4 is 5.32 Å². The van der Waals surface area contributed by atoms with Crippen molar-refractivity contribution in [2.45, 2.75) is 39.3 Å². The maximum absolute atomic E-state index is 11.3. The van der Waals surface area contributed by atoms with Crippen LogP contribution >= 0.6 is 0 Å². The third-order valence-electron chi connectivity index (χ3n) is 3.14. The fourth-order valence-electron chi connectivity index (χ4n) is 2.07. The highest BCUT2D eigenvalue weighted by Crippen LogP contribution is 2.04. The average molecular weight is 258 g/mol. The minimum Gasteiger partial charge on any atom is -0.466 e. The molecule has 106 valence electrons. The van der Waals surface area contributed by atoms with Crippen molar-refractivity contribution in [2.24, 2.45) is 0 Å². The van der Waals surface area contributed by atoms with E-state index in [1.807, 2.05) is 13.8 Å². The average Bonchev–Trinajstić information content (AvgIpc) is 2.37. The summed E-state index contributed by atoms with van der Waals surface area (Å²) in [7, 11) is 0. The molecule has 1 fully saturated rings. The molecule has 0 aromatic heterocycles. The minimum absolute atomic E-state index is 0.129. The van der Waals surface area contributed by atoms with Gasteiger partial charge >= 0.3 is 5.97 Å². The summed E-state index contributed by atoms with van der Waals surface area (Å²) in [5.41, 5.74) is 0. The Morgan fingerprint density at radius 3 is 3.00 bits per heavy atom.